The van der Waals surface area contributed by atoms with E-state index >= 15 is 0 Å². The molecule has 3 rings (SSSR count). The number of hydrogen-bond donors (Lipinski definition) is 1. The van der Waals surface area contributed by atoms with Crippen LogP contribution in [0.3, 0.4) is 0 Å². The van der Waals surface area contributed by atoms with Crippen LogP contribution in [0.5, 0.6) is 5.75 Å². The number of nitrogen functional groups attached to an aromatic ring is 1. The van der Waals surface area contributed by atoms with Gasteiger partial charge in [0.2, 0.25) is 0 Å². The van der Waals surface area contributed by atoms with E-state index in [0.717, 1.165) is 16.9 Å². The summed E-state index contributed by atoms with van der Waals surface area (Å²) in [6.07, 6.45) is 1.92. The predicted molar refractivity (Wildman–Crippen MR) is 80.0 cm³/mol. The summed E-state index contributed by atoms with van der Waals surface area (Å²) < 4.78 is 7.20. The highest BCUT2D eigenvalue weighted by Gasteiger charge is 2.11. The molecule has 3 aromatic rings. The predicted octanol–water partition coefficient (Wildman–Crippen LogP) is 3.13. The molecule has 0 atom stereocenters. The molecule has 0 fully saturated rings. The van der Waals surface area contributed by atoms with E-state index in [1.165, 1.54) is 0 Å². The Morgan fingerprint density at radius 3 is 2.55 bits per heavy atom. The van der Waals surface area contributed by atoms with Gasteiger partial charge in [0.05, 0.1) is 24.2 Å². The minimum absolute atomic E-state index is 0.610. The molecule has 0 unspecified atom stereocenters. The molecule has 20 heavy (non-hydrogen) atoms. The molecule has 1 aromatic heterocycles. The Kier molecular flexibility index (Phi) is 3.13. The molecule has 4 nitrogen and oxygen atoms in total. The van der Waals surface area contributed by atoms with Gasteiger partial charge in [-0.2, -0.15) is 5.10 Å². The molecule has 0 amide bonds. The van der Waals surface area contributed by atoms with Gasteiger partial charge in [0.25, 0.3) is 0 Å². The molecule has 2 N–H and O–H groups in total. The summed E-state index contributed by atoms with van der Waals surface area (Å²) in [5.41, 5.74) is 9.28. The number of anilines is 1. The van der Waals surface area contributed by atoms with E-state index < -0.39 is 0 Å². The maximum Gasteiger partial charge on any atom is 0.151 e. The number of aromatic nitrogens is 2. The first-order valence-electron chi connectivity index (χ1n) is 6.33. The summed E-state index contributed by atoms with van der Waals surface area (Å²) in [6, 6.07) is 17.6. The number of ether oxygens (including phenoxy) is 1. The van der Waals surface area contributed by atoms with Crippen molar-refractivity contribution >= 4 is 5.69 Å². The van der Waals surface area contributed by atoms with Crippen LogP contribution in [0.15, 0.2) is 60.8 Å². The molecule has 0 aliphatic carbocycles. The van der Waals surface area contributed by atoms with Crippen LogP contribution in [-0.2, 0) is 0 Å². The van der Waals surface area contributed by atoms with Crippen molar-refractivity contribution in [3.05, 3.63) is 60.8 Å². The second kappa shape index (κ2) is 5.09. The fourth-order valence-corrected chi connectivity index (χ4v) is 2.18. The Morgan fingerprint density at radius 2 is 1.80 bits per heavy atom. The first-order valence-corrected chi connectivity index (χ1v) is 6.33. The third-order valence-electron chi connectivity index (χ3n) is 3.14. The van der Waals surface area contributed by atoms with Crippen LogP contribution in [0.2, 0.25) is 0 Å². The van der Waals surface area contributed by atoms with E-state index in [1.54, 1.807) is 7.11 Å². The first kappa shape index (κ1) is 12.3. The number of para-hydroxylation sites is 2. The van der Waals surface area contributed by atoms with E-state index in [4.69, 9.17) is 10.5 Å². The fraction of sp³-hybridized carbons (Fsp3) is 0.0625. The molecule has 0 aliphatic heterocycles. The molecule has 0 saturated carbocycles. The Morgan fingerprint density at radius 1 is 1.00 bits per heavy atom. The van der Waals surface area contributed by atoms with Gasteiger partial charge in [-0.15, -0.1) is 0 Å². The van der Waals surface area contributed by atoms with Crippen LogP contribution in [0.4, 0.5) is 5.69 Å². The number of nitrogens with zero attached hydrogens (tertiary/aromatic N) is 2. The standard InChI is InChI=1S/C16H15N3O/c1-20-16-13(8-5-9-14(16)17)15-10-11-19(18-15)12-6-3-2-4-7-12/h2-11H,17H2,1H3. The highest BCUT2D eigenvalue weighted by Crippen LogP contribution is 2.33. The fourth-order valence-electron chi connectivity index (χ4n) is 2.18. The lowest BCUT2D eigenvalue weighted by molar-refractivity contribution is 0.418. The molecule has 0 bridgehead atoms. The van der Waals surface area contributed by atoms with Gasteiger partial charge in [0.1, 0.15) is 0 Å². The zero-order valence-corrected chi connectivity index (χ0v) is 11.2. The molecule has 1 heterocycles. The van der Waals surface area contributed by atoms with E-state index in [2.05, 4.69) is 5.10 Å². The Labute approximate surface area is 117 Å². The average Bonchev–Trinajstić information content (AvgIpc) is 2.97. The van der Waals surface area contributed by atoms with Crippen LogP contribution < -0.4 is 10.5 Å². The molecule has 100 valence electrons. The van der Waals surface area contributed by atoms with Crippen LogP contribution in [-0.4, -0.2) is 16.9 Å². The van der Waals surface area contributed by atoms with Crippen molar-refractivity contribution in [2.45, 2.75) is 0 Å². The SMILES string of the molecule is COc1c(N)cccc1-c1ccn(-c2ccccc2)n1. The summed E-state index contributed by atoms with van der Waals surface area (Å²) in [4.78, 5) is 0. The molecular weight excluding hydrogens is 250 g/mol. The second-order valence-corrected chi connectivity index (χ2v) is 4.41. The first-order chi connectivity index (χ1) is 9.79. The molecule has 0 saturated heterocycles. The van der Waals surface area contributed by atoms with Gasteiger partial charge >= 0.3 is 0 Å². The zero-order valence-electron chi connectivity index (χ0n) is 11.2. The molecule has 0 aliphatic rings. The monoisotopic (exact) mass is 265 g/mol. The number of hydrogen-bond acceptors (Lipinski definition) is 3. The Balaban J connectivity index is 2.05. The van der Waals surface area contributed by atoms with Crippen LogP contribution in [0.25, 0.3) is 16.9 Å². The zero-order chi connectivity index (χ0) is 13.9. The lowest BCUT2D eigenvalue weighted by Crippen LogP contribution is -1.97. The largest absolute Gasteiger partial charge is 0.494 e. The highest BCUT2D eigenvalue weighted by atomic mass is 16.5. The summed E-state index contributed by atoms with van der Waals surface area (Å²) in [5, 5.41) is 4.58. The normalized spacial score (nSPS) is 10.4. The van der Waals surface area contributed by atoms with E-state index in [-0.39, 0.29) is 0 Å². The smallest absolute Gasteiger partial charge is 0.151 e. The lowest BCUT2D eigenvalue weighted by atomic mass is 10.1. The van der Waals surface area contributed by atoms with Gasteiger partial charge in [0.15, 0.2) is 5.75 Å². The number of rotatable bonds is 3. The van der Waals surface area contributed by atoms with E-state index in [1.807, 2.05) is 65.5 Å². The summed E-state index contributed by atoms with van der Waals surface area (Å²) in [7, 11) is 1.61. The van der Waals surface area contributed by atoms with Crippen molar-refractivity contribution in [1.82, 2.24) is 9.78 Å². The number of nitrogens with two attached hydrogens (primary N) is 1. The maximum atomic E-state index is 5.93. The second-order valence-electron chi connectivity index (χ2n) is 4.41. The molecule has 4 heteroatoms. The minimum atomic E-state index is 0.610. The van der Waals surface area contributed by atoms with Crippen molar-refractivity contribution in [3.63, 3.8) is 0 Å². The quantitative estimate of drug-likeness (QED) is 0.740. The van der Waals surface area contributed by atoms with Crippen molar-refractivity contribution in [2.24, 2.45) is 0 Å². The average molecular weight is 265 g/mol. The summed E-state index contributed by atoms with van der Waals surface area (Å²) in [6.45, 7) is 0. The lowest BCUT2D eigenvalue weighted by Gasteiger charge is -2.08. The van der Waals surface area contributed by atoms with Crippen molar-refractivity contribution in [1.29, 1.82) is 0 Å². The number of methoxy groups -OCH3 is 1. The van der Waals surface area contributed by atoms with Gasteiger partial charge in [-0.1, -0.05) is 24.3 Å². The Hall–Kier alpha value is -2.75. The third kappa shape index (κ3) is 2.12. The molecule has 2 aromatic carbocycles. The summed E-state index contributed by atoms with van der Waals surface area (Å²) in [5.74, 6) is 0.658. The van der Waals surface area contributed by atoms with Crippen LogP contribution >= 0.6 is 0 Å². The van der Waals surface area contributed by atoms with Gasteiger partial charge in [-0.25, -0.2) is 4.68 Å². The van der Waals surface area contributed by atoms with E-state index in [0.29, 0.717) is 11.4 Å². The maximum absolute atomic E-state index is 5.93. The van der Waals surface area contributed by atoms with Crippen molar-refractivity contribution in [3.8, 4) is 22.7 Å². The third-order valence-corrected chi connectivity index (χ3v) is 3.14. The van der Waals surface area contributed by atoms with Crippen LogP contribution in [0.1, 0.15) is 0 Å². The van der Waals surface area contributed by atoms with Crippen molar-refractivity contribution < 1.29 is 4.74 Å². The molecule has 0 spiro atoms. The van der Waals surface area contributed by atoms with Gasteiger partial charge in [-0.05, 0) is 30.3 Å². The van der Waals surface area contributed by atoms with Gasteiger partial charge in [0, 0.05) is 11.8 Å². The van der Waals surface area contributed by atoms with Crippen molar-refractivity contribution in [2.75, 3.05) is 12.8 Å². The van der Waals surface area contributed by atoms with Crippen LogP contribution in [0, 0.1) is 0 Å². The number of benzene rings is 2. The highest BCUT2D eigenvalue weighted by molar-refractivity contribution is 5.74. The van der Waals surface area contributed by atoms with Gasteiger partial charge < -0.3 is 10.5 Å². The topological polar surface area (TPSA) is 53.1 Å². The summed E-state index contributed by atoms with van der Waals surface area (Å²) >= 11 is 0. The minimum Gasteiger partial charge on any atom is -0.494 e. The molecule has 0 radical (unpaired) electrons. The van der Waals surface area contributed by atoms with Gasteiger partial charge in [-0.3, -0.25) is 0 Å². The Bertz CT molecular complexity index is 720. The van der Waals surface area contributed by atoms with E-state index in [9.17, 15) is 0 Å². The molecular formula is C16H15N3O.